The Labute approximate surface area is 105 Å². The molecule has 0 aliphatic carbocycles. The summed E-state index contributed by atoms with van der Waals surface area (Å²) in [6.45, 7) is 1.44. The predicted octanol–water partition coefficient (Wildman–Crippen LogP) is 1.39. The van der Waals surface area contributed by atoms with Gasteiger partial charge in [0, 0.05) is 11.3 Å². The molecule has 1 aromatic carbocycles. The molecule has 1 heterocycles. The van der Waals surface area contributed by atoms with Crippen LogP contribution in [0.15, 0.2) is 28.0 Å². The quantitative estimate of drug-likeness (QED) is 0.843. The van der Waals surface area contributed by atoms with Crippen molar-refractivity contribution >= 4 is 25.8 Å². The Kier molecular flexibility index (Phi) is 3.06. The zero-order valence-electron chi connectivity index (χ0n) is 9.55. The lowest BCUT2D eigenvalue weighted by Gasteiger charge is -2.03. The van der Waals surface area contributed by atoms with E-state index in [2.05, 4.69) is 0 Å². The highest BCUT2D eigenvalue weighted by Crippen LogP contribution is 2.34. The van der Waals surface area contributed by atoms with Crippen molar-refractivity contribution in [1.82, 2.24) is 0 Å². The van der Waals surface area contributed by atoms with E-state index in [4.69, 9.17) is 0 Å². The Morgan fingerprint density at radius 2 is 1.94 bits per heavy atom. The van der Waals surface area contributed by atoms with E-state index in [0.717, 1.165) is 12.1 Å². The maximum Gasteiger partial charge on any atom is 0.204 e. The van der Waals surface area contributed by atoms with Crippen molar-refractivity contribution in [3.63, 3.8) is 0 Å². The fraction of sp³-hybridized carbons (Fsp3) is 0.273. The van der Waals surface area contributed by atoms with Crippen LogP contribution in [0.2, 0.25) is 0 Å². The van der Waals surface area contributed by atoms with E-state index in [1.165, 1.54) is 19.1 Å². The largest absolute Gasteiger partial charge is 0.228 e. The summed E-state index contributed by atoms with van der Waals surface area (Å²) in [6, 6.07) is 3.70. The molecule has 0 atom stereocenters. The monoisotopic (exact) mass is 290 g/mol. The van der Waals surface area contributed by atoms with Crippen molar-refractivity contribution in [1.29, 1.82) is 0 Å². The van der Waals surface area contributed by atoms with Crippen molar-refractivity contribution < 1.29 is 21.2 Å². The van der Waals surface area contributed by atoms with E-state index in [9.17, 15) is 21.2 Å². The van der Waals surface area contributed by atoms with Gasteiger partial charge in [0.25, 0.3) is 0 Å². The van der Waals surface area contributed by atoms with Gasteiger partial charge in [-0.15, -0.1) is 0 Å². The van der Waals surface area contributed by atoms with Gasteiger partial charge in [-0.3, -0.25) is 0 Å². The molecule has 0 radical (unpaired) electrons. The van der Waals surface area contributed by atoms with Gasteiger partial charge in [0.15, 0.2) is 9.84 Å². The molecule has 0 fully saturated rings. The average Bonchev–Trinajstić information content (AvgIpc) is 2.53. The van der Waals surface area contributed by atoms with Gasteiger partial charge in [0.1, 0.15) is 5.82 Å². The topological polar surface area (TPSA) is 68.3 Å². The molecule has 0 N–H and O–H groups in total. The summed E-state index contributed by atoms with van der Waals surface area (Å²) in [5, 5.41) is 0. The molecule has 4 nitrogen and oxygen atoms in total. The van der Waals surface area contributed by atoms with Crippen molar-refractivity contribution in [3.8, 4) is 0 Å². The predicted molar refractivity (Wildman–Crippen MR) is 65.9 cm³/mol. The third-order valence-electron chi connectivity index (χ3n) is 2.75. The number of benzene rings is 1. The third kappa shape index (κ3) is 2.08. The van der Waals surface area contributed by atoms with Gasteiger partial charge in [-0.25, -0.2) is 21.2 Å². The van der Waals surface area contributed by atoms with Gasteiger partial charge in [-0.2, -0.15) is 0 Å². The maximum absolute atomic E-state index is 13.5. The van der Waals surface area contributed by atoms with Gasteiger partial charge >= 0.3 is 0 Å². The molecule has 2 rings (SSSR count). The van der Waals surface area contributed by atoms with Gasteiger partial charge in [0.05, 0.1) is 15.6 Å². The van der Waals surface area contributed by atoms with E-state index in [1.54, 1.807) is 0 Å². The number of rotatable bonds is 3. The highest BCUT2D eigenvalue weighted by atomic mass is 32.2. The second-order valence-electron chi connectivity index (χ2n) is 3.94. The van der Waals surface area contributed by atoms with Crippen LogP contribution in [0.3, 0.4) is 0 Å². The van der Waals surface area contributed by atoms with Crippen molar-refractivity contribution in [3.05, 3.63) is 34.5 Å². The molecule has 0 amide bonds. The molecular weight excluding hydrogens is 279 g/mol. The molecule has 7 heteroatoms. The zero-order chi connectivity index (χ0) is 13.6. The summed E-state index contributed by atoms with van der Waals surface area (Å²) in [7, 11) is -7.34. The fourth-order valence-corrected chi connectivity index (χ4v) is 4.85. The molecule has 0 unspecified atom stereocenters. The van der Waals surface area contributed by atoms with Crippen LogP contribution in [0.1, 0.15) is 12.5 Å². The highest BCUT2D eigenvalue weighted by Gasteiger charge is 2.33. The van der Waals surface area contributed by atoms with Gasteiger partial charge in [-0.05, 0) is 18.2 Å². The molecule has 0 saturated heterocycles. The minimum absolute atomic E-state index is 0.0567. The molecule has 1 aliphatic rings. The second kappa shape index (κ2) is 4.17. The number of hydrogen-bond acceptors (Lipinski definition) is 4. The second-order valence-corrected chi connectivity index (χ2v) is 8.27. The Bertz CT molecular complexity index is 730. The van der Waals surface area contributed by atoms with Crippen LogP contribution in [0.5, 0.6) is 0 Å². The molecule has 0 bridgehead atoms. The summed E-state index contributed by atoms with van der Waals surface area (Å²) in [5.41, 5.74) is -0.0567. The first-order valence-electron chi connectivity index (χ1n) is 5.22. The molecule has 0 aromatic heterocycles. The zero-order valence-corrected chi connectivity index (χ0v) is 11.2. The van der Waals surface area contributed by atoms with Gasteiger partial charge < -0.3 is 0 Å². The Morgan fingerprint density at radius 3 is 2.50 bits per heavy atom. The van der Waals surface area contributed by atoms with E-state index in [-0.39, 0.29) is 21.1 Å². The Hall–Kier alpha value is -1.21. The average molecular weight is 290 g/mol. The van der Waals surface area contributed by atoms with Crippen molar-refractivity contribution in [2.75, 3.05) is 11.5 Å². The van der Waals surface area contributed by atoms with Crippen LogP contribution in [0, 0.1) is 5.82 Å². The van der Waals surface area contributed by atoms with E-state index in [1.807, 2.05) is 0 Å². The lowest BCUT2D eigenvalue weighted by atomic mass is 10.2. The van der Waals surface area contributed by atoms with Crippen molar-refractivity contribution in [2.45, 2.75) is 11.8 Å². The minimum atomic E-state index is -3.87. The van der Waals surface area contributed by atoms with Crippen LogP contribution in [-0.2, 0) is 19.7 Å². The Balaban J connectivity index is 2.56. The summed E-state index contributed by atoms with van der Waals surface area (Å²) >= 11 is 0. The molecule has 1 aliphatic heterocycles. The van der Waals surface area contributed by atoms with Gasteiger partial charge in [0.2, 0.25) is 9.84 Å². The first-order valence-corrected chi connectivity index (χ1v) is 8.53. The number of fused-ring (bicyclic) bond motifs is 1. The molecule has 0 spiro atoms. The number of sulfone groups is 2. The van der Waals surface area contributed by atoms with Crippen LogP contribution < -0.4 is 0 Å². The third-order valence-corrected chi connectivity index (χ3v) is 6.46. The van der Waals surface area contributed by atoms with Gasteiger partial charge in [-0.1, -0.05) is 13.0 Å². The lowest BCUT2D eigenvalue weighted by Crippen LogP contribution is -2.14. The van der Waals surface area contributed by atoms with Crippen LogP contribution >= 0.6 is 0 Å². The summed E-state index contributed by atoms with van der Waals surface area (Å²) < 4.78 is 60.5. The maximum atomic E-state index is 13.5. The van der Waals surface area contributed by atoms with Crippen LogP contribution in [-0.4, -0.2) is 28.3 Å². The highest BCUT2D eigenvalue weighted by molar-refractivity contribution is 7.98. The van der Waals surface area contributed by atoms with Crippen LogP contribution in [0.25, 0.3) is 6.08 Å². The number of hydrogen-bond donors (Lipinski definition) is 0. The molecule has 0 saturated carbocycles. The van der Waals surface area contributed by atoms with Crippen molar-refractivity contribution in [2.24, 2.45) is 0 Å². The smallest absolute Gasteiger partial charge is 0.204 e. The summed E-state index contributed by atoms with van der Waals surface area (Å²) in [6.07, 6.45) is 1.10. The molecule has 1 aromatic rings. The molecular formula is C11H11FO4S2. The summed E-state index contributed by atoms with van der Waals surface area (Å²) in [4.78, 5) is -0.423. The number of halogens is 1. The van der Waals surface area contributed by atoms with Crippen LogP contribution in [0.4, 0.5) is 4.39 Å². The first-order chi connectivity index (χ1) is 8.28. The first kappa shape index (κ1) is 13.2. The molecule has 98 valence electrons. The SMILES string of the molecule is CCS(=O)(=O)CC1=Cc2c(F)cccc2S1(=O)=O. The lowest BCUT2D eigenvalue weighted by molar-refractivity contribution is 0.592. The molecule has 18 heavy (non-hydrogen) atoms. The Morgan fingerprint density at radius 1 is 1.28 bits per heavy atom. The minimum Gasteiger partial charge on any atom is -0.228 e. The summed E-state index contributed by atoms with van der Waals surface area (Å²) in [5.74, 6) is -1.40. The standard InChI is InChI=1S/C11H11FO4S2/c1-2-17(13,14)7-8-6-9-10(12)4-3-5-11(9)18(8,15)16/h3-6H,2,7H2,1H3. The van der Waals surface area contributed by atoms with E-state index < -0.39 is 31.2 Å². The van der Waals surface area contributed by atoms with E-state index in [0.29, 0.717) is 0 Å². The normalized spacial score (nSPS) is 17.3. The fourth-order valence-electron chi connectivity index (χ4n) is 1.71. The van der Waals surface area contributed by atoms with E-state index >= 15 is 0 Å².